The van der Waals surface area contributed by atoms with Gasteiger partial charge in [-0.2, -0.15) is 0 Å². The average molecular weight is 253 g/mol. The third-order valence-corrected chi connectivity index (χ3v) is 2.96. The molecular formula is C13H23N3O2. The van der Waals surface area contributed by atoms with E-state index in [9.17, 15) is 4.79 Å². The summed E-state index contributed by atoms with van der Waals surface area (Å²) in [6.07, 6.45) is 2.19. The number of nitrogens with one attached hydrogen (secondary N) is 1. The molecule has 0 aliphatic rings. The molecule has 0 aliphatic heterocycles. The minimum absolute atomic E-state index is 0.0446. The van der Waals surface area contributed by atoms with Crippen molar-refractivity contribution in [2.24, 2.45) is 5.73 Å². The van der Waals surface area contributed by atoms with Crippen LogP contribution in [-0.2, 0) is 4.79 Å². The largest absolute Gasteiger partial charge is 0.361 e. The van der Waals surface area contributed by atoms with Crippen LogP contribution in [0.1, 0.15) is 56.2 Å². The lowest BCUT2D eigenvalue weighted by atomic mass is 10.1. The zero-order valence-electron chi connectivity index (χ0n) is 11.6. The number of amides is 1. The number of aryl methyl sites for hydroxylation is 2. The lowest BCUT2D eigenvalue weighted by Crippen LogP contribution is -2.27. The molecule has 0 aliphatic carbocycles. The molecule has 1 heterocycles. The fraction of sp³-hybridized carbons (Fsp3) is 0.692. The topological polar surface area (TPSA) is 81.2 Å². The summed E-state index contributed by atoms with van der Waals surface area (Å²) >= 11 is 0. The van der Waals surface area contributed by atoms with E-state index < -0.39 is 0 Å². The Bertz CT molecular complexity index is 379. The molecule has 1 rings (SSSR count). The number of rotatable bonds is 6. The Morgan fingerprint density at radius 3 is 2.61 bits per heavy atom. The highest BCUT2D eigenvalue weighted by Crippen LogP contribution is 2.20. The Balaban J connectivity index is 2.45. The standard InChI is InChI=1S/C13H23N3O2/c1-8(14)6-5-7-12(17)15-9(2)13-10(3)16-18-11(13)4/h8-9H,5-7,14H2,1-4H3,(H,15,17). The van der Waals surface area contributed by atoms with Crippen LogP contribution in [-0.4, -0.2) is 17.1 Å². The summed E-state index contributed by atoms with van der Waals surface area (Å²) in [5.41, 5.74) is 7.44. The molecule has 3 N–H and O–H groups in total. The smallest absolute Gasteiger partial charge is 0.220 e. The quantitative estimate of drug-likeness (QED) is 0.812. The van der Waals surface area contributed by atoms with Gasteiger partial charge in [-0.3, -0.25) is 4.79 Å². The maximum atomic E-state index is 11.7. The van der Waals surface area contributed by atoms with Gasteiger partial charge < -0.3 is 15.6 Å². The molecule has 102 valence electrons. The first kappa shape index (κ1) is 14.7. The van der Waals surface area contributed by atoms with E-state index >= 15 is 0 Å². The van der Waals surface area contributed by atoms with Crippen LogP contribution in [0.4, 0.5) is 0 Å². The first-order valence-corrected chi connectivity index (χ1v) is 6.39. The maximum absolute atomic E-state index is 11.7. The lowest BCUT2D eigenvalue weighted by molar-refractivity contribution is -0.121. The summed E-state index contributed by atoms with van der Waals surface area (Å²) in [6, 6.07) is 0.0804. The Kier molecular flexibility index (Phi) is 5.34. The van der Waals surface area contributed by atoms with Crippen LogP contribution in [0.2, 0.25) is 0 Å². The molecule has 0 spiro atoms. The summed E-state index contributed by atoms with van der Waals surface area (Å²) in [4.78, 5) is 11.7. The Labute approximate surface area is 108 Å². The number of nitrogens with zero attached hydrogens (tertiary/aromatic N) is 1. The van der Waals surface area contributed by atoms with Gasteiger partial charge in [0.2, 0.25) is 5.91 Å². The van der Waals surface area contributed by atoms with Crippen molar-refractivity contribution < 1.29 is 9.32 Å². The summed E-state index contributed by atoms with van der Waals surface area (Å²) in [5.74, 6) is 0.805. The predicted molar refractivity (Wildman–Crippen MR) is 70.0 cm³/mol. The van der Waals surface area contributed by atoms with Gasteiger partial charge >= 0.3 is 0 Å². The number of carbonyl (C=O) groups is 1. The Morgan fingerprint density at radius 2 is 2.11 bits per heavy atom. The van der Waals surface area contributed by atoms with E-state index in [4.69, 9.17) is 10.3 Å². The van der Waals surface area contributed by atoms with Crippen LogP contribution in [0.15, 0.2) is 4.52 Å². The SMILES string of the molecule is Cc1noc(C)c1C(C)NC(=O)CCCC(C)N. The highest BCUT2D eigenvalue weighted by molar-refractivity contribution is 5.76. The normalized spacial score (nSPS) is 14.3. The van der Waals surface area contributed by atoms with E-state index in [2.05, 4.69) is 10.5 Å². The highest BCUT2D eigenvalue weighted by atomic mass is 16.5. The molecule has 0 aromatic carbocycles. The van der Waals surface area contributed by atoms with Gasteiger partial charge in [0.15, 0.2) is 0 Å². The van der Waals surface area contributed by atoms with Crippen LogP contribution in [0, 0.1) is 13.8 Å². The summed E-state index contributed by atoms with van der Waals surface area (Å²) in [7, 11) is 0. The van der Waals surface area contributed by atoms with Crippen molar-refractivity contribution in [3.05, 3.63) is 17.0 Å². The van der Waals surface area contributed by atoms with Crippen LogP contribution in [0.5, 0.6) is 0 Å². The second-order valence-corrected chi connectivity index (χ2v) is 4.90. The van der Waals surface area contributed by atoms with Crippen molar-refractivity contribution in [3.63, 3.8) is 0 Å². The van der Waals surface area contributed by atoms with Gasteiger partial charge in [-0.1, -0.05) is 5.16 Å². The van der Waals surface area contributed by atoms with Gasteiger partial charge in [-0.05, 0) is 40.5 Å². The predicted octanol–water partition coefficient (Wildman–Crippen LogP) is 1.99. The molecule has 5 heteroatoms. The maximum Gasteiger partial charge on any atom is 0.220 e. The molecule has 0 bridgehead atoms. The van der Waals surface area contributed by atoms with E-state index in [1.54, 1.807) is 0 Å². The summed E-state index contributed by atoms with van der Waals surface area (Å²) in [6.45, 7) is 7.62. The minimum atomic E-state index is -0.0703. The first-order valence-electron chi connectivity index (χ1n) is 6.39. The number of hydrogen-bond acceptors (Lipinski definition) is 4. The molecule has 2 unspecified atom stereocenters. The van der Waals surface area contributed by atoms with Crippen LogP contribution >= 0.6 is 0 Å². The molecule has 18 heavy (non-hydrogen) atoms. The van der Waals surface area contributed by atoms with Gasteiger partial charge in [-0.25, -0.2) is 0 Å². The van der Waals surface area contributed by atoms with Crippen molar-refractivity contribution in [1.82, 2.24) is 10.5 Å². The van der Waals surface area contributed by atoms with Crippen molar-refractivity contribution in [1.29, 1.82) is 0 Å². The zero-order valence-corrected chi connectivity index (χ0v) is 11.6. The molecule has 1 aromatic rings. The van der Waals surface area contributed by atoms with E-state index in [0.717, 1.165) is 29.9 Å². The lowest BCUT2D eigenvalue weighted by Gasteiger charge is -2.14. The number of hydrogen-bond donors (Lipinski definition) is 2. The number of carbonyl (C=O) groups excluding carboxylic acids is 1. The second-order valence-electron chi connectivity index (χ2n) is 4.90. The summed E-state index contributed by atoms with van der Waals surface area (Å²) < 4.78 is 5.09. The van der Waals surface area contributed by atoms with E-state index in [1.807, 2.05) is 27.7 Å². The van der Waals surface area contributed by atoms with Gasteiger partial charge in [0.1, 0.15) is 5.76 Å². The molecule has 0 radical (unpaired) electrons. The van der Waals surface area contributed by atoms with Crippen molar-refractivity contribution in [2.75, 3.05) is 0 Å². The monoisotopic (exact) mass is 253 g/mol. The second kappa shape index (κ2) is 6.54. The average Bonchev–Trinajstić information content (AvgIpc) is 2.57. The molecule has 0 saturated heterocycles. The molecule has 0 saturated carbocycles. The summed E-state index contributed by atoms with van der Waals surface area (Å²) in [5, 5.41) is 6.84. The minimum Gasteiger partial charge on any atom is -0.361 e. The molecular weight excluding hydrogens is 230 g/mol. The Morgan fingerprint density at radius 1 is 1.44 bits per heavy atom. The third-order valence-electron chi connectivity index (χ3n) is 2.96. The van der Waals surface area contributed by atoms with Gasteiger partial charge in [0.05, 0.1) is 11.7 Å². The van der Waals surface area contributed by atoms with Crippen molar-refractivity contribution in [3.8, 4) is 0 Å². The Hall–Kier alpha value is -1.36. The van der Waals surface area contributed by atoms with E-state index in [0.29, 0.717) is 6.42 Å². The van der Waals surface area contributed by atoms with Crippen molar-refractivity contribution in [2.45, 2.75) is 59.0 Å². The van der Waals surface area contributed by atoms with Crippen LogP contribution in [0.25, 0.3) is 0 Å². The fourth-order valence-electron chi connectivity index (χ4n) is 2.08. The molecule has 1 aromatic heterocycles. The zero-order chi connectivity index (χ0) is 13.7. The molecule has 5 nitrogen and oxygen atoms in total. The fourth-order valence-corrected chi connectivity index (χ4v) is 2.08. The molecule has 1 amide bonds. The van der Waals surface area contributed by atoms with Gasteiger partial charge in [-0.15, -0.1) is 0 Å². The van der Waals surface area contributed by atoms with Crippen molar-refractivity contribution >= 4 is 5.91 Å². The van der Waals surface area contributed by atoms with Gasteiger partial charge in [0, 0.05) is 18.0 Å². The van der Waals surface area contributed by atoms with E-state index in [-0.39, 0.29) is 18.0 Å². The van der Waals surface area contributed by atoms with Gasteiger partial charge in [0.25, 0.3) is 0 Å². The van der Waals surface area contributed by atoms with Crippen LogP contribution in [0.3, 0.4) is 0 Å². The molecule has 2 atom stereocenters. The molecule has 0 fully saturated rings. The number of aromatic nitrogens is 1. The highest BCUT2D eigenvalue weighted by Gasteiger charge is 2.17. The third kappa shape index (κ3) is 4.14. The number of nitrogens with two attached hydrogens (primary N) is 1. The first-order chi connectivity index (χ1) is 8.41. The van der Waals surface area contributed by atoms with E-state index in [1.165, 1.54) is 0 Å². The van der Waals surface area contributed by atoms with Crippen LogP contribution < -0.4 is 11.1 Å².